The summed E-state index contributed by atoms with van der Waals surface area (Å²) < 4.78 is 0. The highest BCUT2D eigenvalue weighted by Gasteiger charge is 2.04. The van der Waals surface area contributed by atoms with Crippen molar-refractivity contribution in [1.29, 1.82) is 0 Å². The van der Waals surface area contributed by atoms with Gasteiger partial charge in [0.05, 0.1) is 19.8 Å². The number of nitrogens with one attached hydrogen (secondary N) is 1. The first-order valence-electron chi connectivity index (χ1n) is 4.65. The predicted molar refractivity (Wildman–Crippen MR) is 53.4 cm³/mol. The molecule has 15 heavy (non-hydrogen) atoms. The van der Waals surface area contributed by atoms with Crippen molar-refractivity contribution in [2.24, 2.45) is 0 Å². The lowest BCUT2D eigenvalue weighted by Gasteiger charge is -2.12. The van der Waals surface area contributed by atoms with Crippen LogP contribution >= 0.6 is 0 Å². The summed E-state index contributed by atoms with van der Waals surface area (Å²) >= 11 is 0. The van der Waals surface area contributed by atoms with Crippen LogP contribution in [0.2, 0.25) is 0 Å². The molecule has 1 aromatic rings. The molecule has 0 saturated carbocycles. The quantitative estimate of drug-likeness (QED) is 0.439. The predicted octanol–water partition coefficient (Wildman–Crippen LogP) is -0.00740. The third-order valence-electron chi connectivity index (χ3n) is 1.76. The minimum absolute atomic E-state index is 0.266. The van der Waals surface area contributed by atoms with Gasteiger partial charge in [0.1, 0.15) is 6.10 Å². The van der Waals surface area contributed by atoms with Gasteiger partial charge in [-0.1, -0.05) is 36.0 Å². The Hall–Kier alpha value is -0.980. The highest BCUT2D eigenvalue weighted by molar-refractivity contribution is 5.13. The lowest BCUT2D eigenvalue weighted by Crippen LogP contribution is -2.29. The number of hydrogen-bond donors (Lipinski definition) is 3. The molecular formula is C10H15NO4. The maximum atomic E-state index is 8.66. The minimum Gasteiger partial charge on any atom is -0.393 e. The average Bonchev–Trinajstić information content (AvgIpc) is 2.31. The minimum atomic E-state index is -0.666. The Balaban J connectivity index is 2.12. The summed E-state index contributed by atoms with van der Waals surface area (Å²) in [6.45, 7) is -0.180. The van der Waals surface area contributed by atoms with Crippen molar-refractivity contribution in [1.82, 2.24) is 5.64 Å². The van der Waals surface area contributed by atoms with Crippen LogP contribution in [0.5, 0.6) is 0 Å². The van der Waals surface area contributed by atoms with E-state index >= 15 is 0 Å². The maximum Gasteiger partial charge on any atom is 0.128 e. The number of aliphatic hydroxyl groups is 2. The van der Waals surface area contributed by atoms with E-state index in [0.29, 0.717) is 6.61 Å². The highest BCUT2D eigenvalue weighted by atomic mass is 16.9. The Kier molecular flexibility index (Phi) is 5.91. The van der Waals surface area contributed by atoms with Crippen molar-refractivity contribution < 1.29 is 19.9 Å². The molecule has 0 atom stereocenters. The summed E-state index contributed by atoms with van der Waals surface area (Å²) in [6, 6.07) is 9.56. The molecule has 1 rings (SSSR count). The van der Waals surface area contributed by atoms with Gasteiger partial charge in [0.15, 0.2) is 0 Å². The van der Waals surface area contributed by atoms with Crippen LogP contribution in [0.1, 0.15) is 5.56 Å². The molecule has 0 fully saturated rings. The van der Waals surface area contributed by atoms with Gasteiger partial charge >= 0.3 is 0 Å². The van der Waals surface area contributed by atoms with E-state index in [1.54, 1.807) is 0 Å². The fourth-order valence-electron chi connectivity index (χ4n) is 0.921. The zero-order valence-electron chi connectivity index (χ0n) is 8.30. The molecule has 0 aliphatic rings. The van der Waals surface area contributed by atoms with Crippen LogP contribution < -0.4 is 5.64 Å². The summed E-state index contributed by atoms with van der Waals surface area (Å²) in [4.78, 5) is 9.75. The van der Waals surface area contributed by atoms with Crippen LogP contribution in [0.15, 0.2) is 30.3 Å². The van der Waals surface area contributed by atoms with Gasteiger partial charge in [0, 0.05) is 0 Å². The molecule has 0 aromatic heterocycles. The van der Waals surface area contributed by atoms with Gasteiger partial charge in [-0.05, 0) is 5.56 Å². The van der Waals surface area contributed by atoms with Gasteiger partial charge in [0.2, 0.25) is 0 Å². The molecule has 0 amide bonds. The van der Waals surface area contributed by atoms with E-state index in [9.17, 15) is 0 Å². The van der Waals surface area contributed by atoms with Crippen LogP contribution in [-0.4, -0.2) is 29.5 Å². The summed E-state index contributed by atoms with van der Waals surface area (Å²) in [5, 5.41) is 17.3. The van der Waals surface area contributed by atoms with Crippen LogP contribution in [0.3, 0.4) is 0 Å². The average molecular weight is 213 g/mol. The molecule has 0 radical (unpaired) electrons. The van der Waals surface area contributed by atoms with Gasteiger partial charge in [-0.3, -0.25) is 9.68 Å². The van der Waals surface area contributed by atoms with Crippen molar-refractivity contribution in [3.8, 4) is 0 Å². The van der Waals surface area contributed by atoms with Crippen molar-refractivity contribution in [2.45, 2.75) is 12.7 Å². The van der Waals surface area contributed by atoms with Crippen molar-refractivity contribution in [3.05, 3.63) is 35.9 Å². The molecule has 0 saturated heterocycles. The van der Waals surface area contributed by atoms with E-state index in [4.69, 9.17) is 19.9 Å². The second kappa shape index (κ2) is 7.33. The second-order valence-corrected chi connectivity index (χ2v) is 2.96. The Labute approximate surface area is 88.2 Å². The van der Waals surface area contributed by atoms with Crippen molar-refractivity contribution in [3.63, 3.8) is 0 Å². The normalized spacial score (nSPS) is 10.9. The van der Waals surface area contributed by atoms with Gasteiger partial charge in [-0.25, -0.2) is 0 Å². The Bertz CT molecular complexity index is 251. The molecule has 5 heteroatoms. The molecule has 0 unspecified atom stereocenters. The van der Waals surface area contributed by atoms with E-state index in [1.807, 2.05) is 30.3 Å². The van der Waals surface area contributed by atoms with Gasteiger partial charge in [-0.2, -0.15) is 0 Å². The molecule has 3 N–H and O–H groups in total. The third kappa shape index (κ3) is 4.87. The van der Waals surface area contributed by atoms with E-state index in [0.717, 1.165) is 5.56 Å². The van der Waals surface area contributed by atoms with Crippen molar-refractivity contribution >= 4 is 0 Å². The topological polar surface area (TPSA) is 71.0 Å². The molecule has 1 aromatic carbocycles. The van der Waals surface area contributed by atoms with Crippen LogP contribution in [0.4, 0.5) is 0 Å². The lowest BCUT2D eigenvalue weighted by molar-refractivity contribution is -0.217. The van der Waals surface area contributed by atoms with Crippen LogP contribution in [-0.2, 0) is 16.3 Å². The first-order valence-corrected chi connectivity index (χ1v) is 4.65. The smallest absolute Gasteiger partial charge is 0.128 e. The van der Waals surface area contributed by atoms with Crippen LogP contribution in [0.25, 0.3) is 0 Å². The van der Waals surface area contributed by atoms with Crippen molar-refractivity contribution in [2.75, 3.05) is 13.2 Å². The monoisotopic (exact) mass is 213 g/mol. The Morgan fingerprint density at radius 1 is 1.13 bits per heavy atom. The molecular weight excluding hydrogens is 198 g/mol. The standard InChI is InChI=1S/C10H15NO4/c12-6-10(7-13)15-11-14-8-9-4-2-1-3-5-9/h1-5,10-13H,6-8H2. The molecule has 0 heterocycles. The zero-order valence-corrected chi connectivity index (χ0v) is 8.30. The number of aliphatic hydroxyl groups excluding tert-OH is 2. The molecule has 0 spiro atoms. The molecule has 0 aliphatic carbocycles. The zero-order chi connectivity index (χ0) is 10.9. The van der Waals surface area contributed by atoms with E-state index in [-0.39, 0.29) is 13.2 Å². The molecule has 0 bridgehead atoms. The first kappa shape index (κ1) is 12.1. The number of rotatable bonds is 7. The van der Waals surface area contributed by atoms with E-state index in [1.165, 1.54) is 0 Å². The first-order chi connectivity index (χ1) is 7.36. The maximum absolute atomic E-state index is 8.66. The second-order valence-electron chi connectivity index (χ2n) is 2.96. The Morgan fingerprint density at radius 3 is 2.40 bits per heavy atom. The molecule has 84 valence electrons. The SMILES string of the molecule is OCC(CO)ONOCc1ccccc1. The molecule has 5 nitrogen and oxygen atoms in total. The summed E-state index contributed by atoms with van der Waals surface area (Å²) in [5.41, 5.74) is 3.21. The Morgan fingerprint density at radius 2 is 1.80 bits per heavy atom. The van der Waals surface area contributed by atoms with Gasteiger partial charge in [-0.15, -0.1) is 0 Å². The number of hydrogen-bond acceptors (Lipinski definition) is 5. The van der Waals surface area contributed by atoms with Gasteiger partial charge in [0.25, 0.3) is 0 Å². The van der Waals surface area contributed by atoms with E-state index < -0.39 is 6.10 Å². The lowest BCUT2D eigenvalue weighted by atomic mass is 10.2. The fraction of sp³-hybridized carbons (Fsp3) is 0.400. The largest absolute Gasteiger partial charge is 0.393 e. The number of benzene rings is 1. The molecule has 0 aliphatic heterocycles. The highest BCUT2D eigenvalue weighted by Crippen LogP contribution is 1.99. The fourth-order valence-corrected chi connectivity index (χ4v) is 0.921. The summed E-state index contributed by atoms with van der Waals surface area (Å²) in [6.07, 6.45) is -0.666. The third-order valence-corrected chi connectivity index (χ3v) is 1.76. The van der Waals surface area contributed by atoms with E-state index in [2.05, 4.69) is 5.64 Å². The summed E-state index contributed by atoms with van der Waals surface area (Å²) in [7, 11) is 0. The van der Waals surface area contributed by atoms with Gasteiger partial charge < -0.3 is 10.2 Å². The van der Waals surface area contributed by atoms with Crippen LogP contribution in [0, 0.1) is 0 Å². The summed E-state index contributed by atoms with van der Waals surface area (Å²) in [5.74, 6) is 0.